The van der Waals surface area contributed by atoms with E-state index in [1.807, 2.05) is 5.32 Å². The van der Waals surface area contributed by atoms with Crippen molar-refractivity contribution in [1.29, 1.82) is 0 Å². The number of ether oxygens (including phenoxy) is 2. The van der Waals surface area contributed by atoms with Gasteiger partial charge in [-0.1, -0.05) is 31.0 Å². The maximum Gasteiger partial charge on any atom is 0.573 e. The highest BCUT2D eigenvalue weighted by molar-refractivity contribution is 5.39. The van der Waals surface area contributed by atoms with E-state index in [0.717, 1.165) is 18.2 Å². The molecule has 2 aromatic rings. The molecule has 0 aliphatic heterocycles. The summed E-state index contributed by atoms with van der Waals surface area (Å²) in [6.07, 6.45) is -19.8. The highest BCUT2D eigenvalue weighted by Gasteiger charge is 2.71. The topological polar surface area (TPSA) is 50.7 Å². The van der Waals surface area contributed by atoms with Crippen LogP contribution in [0, 0.1) is 5.41 Å². The summed E-state index contributed by atoms with van der Waals surface area (Å²) in [5.74, 6) is -7.74. The molecule has 1 aliphatic carbocycles. The summed E-state index contributed by atoms with van der Waals surface area (Å²) in [4.78, 5) is 0. The van der Waals surface area contributed by atoms with E-state index >= 15 is 8.78 Å². The van der Waals surface area contributed by atoms with Crippen LogP contribution in [-0.2, 0) is 0 Å². The van der Waals surface area contributed by atoms with Crippen molar-refractivity contribution in [2.45, 2.75) is 62.3 Å². The molecule has 0 amide bonds. The third kappa shape index (κ3) is 7.28. The number of halogens is 11. The summed E-state index contributed by atoms with van der Waals surface area (Å²) in [7, 11) is 0. The Labute approximate surface area is 221 Å². The van der Waals surface area contributed by atoms with Gasteiger partial charge < -0.3 is 19.9 Å². The highest BCUT2D eigenvalue weighted by Crippen LogP contribution is 2.60. The van der Waals surface area contributed by atoms with Crippen LogP contribution >= 0.6 is 0 Å². The molecule has 0 bridgehead atoms. The van der Waals surface area contributed by atoms with Crippen molar-refractivity contribution in [3.8, 4) is 17.2 Å². The first-order valence-electron chi connectivity index (χ1n) is 11.9. The molecule has 0 spiro atoms. The molecule has 3 atom stereocenters. The van der Waals surface area contributed by atoms with Gasteiger partial charge in [-0.25, -0.2) is 0 Å². The lowest BCUT2D eigenvalue weighted by atomic mass is 9.60. The number of nitrogens with one attached hydrogen (secondary N) is 1. The van der Waals surface area contributed by atoms with E-state index in [9.17, 15) is 44.6 Å². The Morgan fingerprint density at radius 3 is 2.05 bits per heavy atom. The quantitative estimate of drug-likeness (QED) is 0.292. The molecule has 2 aromatic carbocycles. The Balaban J connectivity index is 1.95. The molecule has 0 heterocycles. The molecule has 0 saturated heterocycles. The van der Waals surface area contributed by atoms with Gasteiger partial charge in [-0.15, -0.1) is 13.2 Å². The minimum atomic E-state index is -6.04. The molecule has 40 heavy (non-hydrogen) atoms. The van der Waals surface area contributed by atoms with Crippen LogP contribution < -0.4 is 14.8 Å². The normalized spacial score (nSPS) is 21.6. The molecule has 1 fully saturated rings. The Hall–Kier alpha value is -2.81. The van der Waals surface area contributed by atoms with Crippen molar-refractivity contribution in [1.82, 2.24) is 5.32 Å². The van der Waals surface area contributed by atoms with Gasteiger partial charge in [0.2, 0.25) is 0 Å². The second-order valence-electron chi connectivity index (χ2n) is 9.41. The van der Waals surface area contributed by atoms with Gasteiger partial charge in [0.1, 0.15) is 17.2 Å². The maximum atomic E-state index is 15.2. The first-order valence-corrected chi connectivity index (χ1v) is 11.9. The van der Waals surface area contributed by atoms with Gasteiger partial charge in [0, 0.05) is 19.2 Å². The minimum absolute atomic E-state index is 0.0398. The summed E-state index contributed by atoms with van der Waals surface area (Å²) in [6, 6.07) is 9.31. The third-order valence-corrected chi connectivity index (χ3v) is 6.71. The van der Waals surface area contributed by atoms with E-state index in [2.05, 4.69) is 4.74 Å². The van der Waals surface area contributed by atoms with E-state index in [4.69, 9.17) is 4.74 Å². The van der Waals surface area contributed by atoms with E-state index < -0.39 is 67.3 Å². The van der Waals surface area contributed by atoms with Gasteiger partial charge in [-0.05, 0) is 48.6 Å². The number of alkyl halides is 11. The molecule has 3 unspecified atom stereocenters. The van der Waals surface area contributed by atoms with Gasteiger partial charge in [-0.2, -0.15) is 35.1 Å². The smallest absolute Gasteiger partial charge is 0.457 e. The average Bonchev–Trinajstić information content (AvgIpc) is 2.82. The number of rotatable bonds is 9. The first kappa shape index (κ1) is 31.7. The number of aliphatic hydroxyl groups is 1. The summed E-state index contributed by atoms with van der Waals surface area (Å²) in [5, 5.41) is 11.2. The number of benzene rings is 2. The summed E-state index contributed by atoms with van der Waals surface area (Å²) in [6.45, 7) is -2.50. The van der Waals surface area contributed by atoms with E-state index in [0.29, 0.717) is 0 Å². The van der Waals surface area contributed by atoms with Crippen molar-refractivity contribution < 1.29 is 62.9 Å². The van der Waals surface area contributed by atoms with Crippen LogP contribution in [0.1, 0.15) is 37.2 Å². The zero-order valence-electron chi connectivity index (χ0n) is 20.4. The van der Waals surface area contributed by atoms with E-state index in [1.165, 1.54) is 30.3 Å². The minimum Gasteiger partial charge on any atom is -0.457 e. The van der Waals surface area contributed by atoms with Crippen molar-refractivity contribution in [2.24, 2.45) is 5.41 Å². The monoisotopic (exact) mass is 595 g/mol. The molecule has 1 aliphatic rings. The molecule has 1 saturated carbocycles. The number of hydrogen-bond donors (Lipinski definition) is 2. The van der Waals surface area contributed by atoms with Crippen LogP contribution in [0.2, 0.25) is 0 Å². The van der Waals surface area contributed by atoms with Gasteiger partial charge in [-0.3, -0.25) is 0 Å². The molecular weight excluding hydrogens is 571 g/mol. The summed E-state index contributed by atoms with van der Waals surface area (Å²) < 4.78 is 157. The average molecular weight is 595 g/mol. The third-order valence-electron chi connectivity index (χ3n) is 6.71. The molecule has 0 radical (unpaired) electrons. The molecule has 15 heteroatoms. The zero-order valence-corrected chi connectivity index (χ0v) is 20.4. The largest absolute Gasteiger partial charge is 0.573 e. The lowest BCUT2D eigenvalue weighted by Gasteiger charge is -2.49. The predicted octanol–water partition coefficient (Wildman–Crippen LogP) is 7.73. The van der Waals surface area contributed by atoms with Crippen LogP contribution in [-0.4, -0.2) is 48.9 Å². The van der Waals surface area contributed by atoms with Crippen LogP contribution in [0.25, 0.3) is 0 Å². The van der Waals surface area contributed by atoms with E-state index in [1.54, 1.807) is 0 Å². The lowest BCUT2D eigenvalue weighted by Crippen LogP contribution is -2.60. The Kier molecular flexibility index (Phi) is 9.19. The fourth-order valence-corrected chi connectivity index (χ4v) is 4.92. The molecule has 4 nitrogen and oxygen atoms in total. The summed E-state index contributed by atoms with van der Waals surface area (Å²) in [5.41, 5.74) is -2.96. The Morgan fingerprint density at radius 1 is 0.850 bits per heavy atom. The van der Waals surface area contributed by atoms with Crippen molar-refractivity contribution in [3.63, 3.8) is 0 Å². The second kappa shape index (κ2) is 11.6. The molecule has 224 valence electrons. The highest BCUT2D eigenvalue weighted by atomic mass is 19.4. The first-order chi connectivity index (χ1) is 18.4. The molecule has 0 aromatic heterocycles. The van der Waals surface area contributed by atoms with Crippen molar-refractivity contribution in [3.05, 3.63) is 54.1 Å². The molecular formula is C25H24F11NO3. The maximum absolute atomic E-state index is 15.2. The molecule has 3 rings (SSSR count). The second-order valence-corrected chi connectivity index (χ2v) is 9.41. The fraction of sp³-hybridized carbons (Fsp3) is 0.520. The summed E-state index contributed by atoms with van der Waals surface area (Å²) >= 11 is 0. The molecule has 2 N–H and O–H groups in total. The van der Waals surface area contributed by atoms with Gasteiger partial charge in [0.15, 0.2) is 6.10 Å². The van der Waals surface area contributed by atoms with Crippen LogP contribution in [0.4, 0.5) is 48.3 Å². The van der Waals surface area contributed by atoms with Crippen LogP contribution in [0.5, 0.6) is 17.2 Å². The number of aliphatic hydroxyl groups excluding tert-OH is 1. The van der Waals surface area contributed by atoms with Crippen molar-refractivity contribution >= 4 is 0 Å². The fourth-order valence-electron chi connectivity index (χ4n) is 4.92. The number of hydrogen-bond acceptors (Lipinski definition) is 4. The lowest BCUT2D eigenvalue weighted by molar-refractivity contribution is -0.334. The zero-order chi connectivity index (χ0) is 30.0. The van der Waals surface area contributed by atoms with Gasteiger partial charge >= 0.3 is 24.6 Å². The SMILES string of the molecule is OC(CNCC1(C(F)(F)C(F)(F)F)CCCCC1c1cccc(Oc2cccc(OC(F)(F)F)c2)c1)C(F)(F)F. The van der Waals surface area contributed by atoms with Crippen LogP contribution in [0.15, 0.2) is 48.5 Å². The van der Waals surface area contributed by atoms with Crippen LogP contribution in [0.3, 0.4) is 0 Å². The Morgan fingerprint density at radius 2 is 1.45 bits per heavy atom. The van der Waals surface area contributed by atoms with E-state index in [-0.39, 0.29) is 36.3 Å². The standard InChI is InChI=1S/C25H24F11NO3/c26-22(27,28)20(38)13-37-14-21(23(29,30)24(31,32)33)10-2-1-9-19(21)15-5-3-6-16(11-15)39-17-7-4-8-18(12-17)40-25(34,35)36/h3-8,11-12,19-20,37-38H,1-2,9-10,13-14H2. The Bertz CT molecular complexity index is 1130. The predicted molar refractivity (Wildman–Crippen MR) is 119 cm³/mol. The van der Waals surface area contributed by atoms with Gasteiger partial charge in [0.05, 0.1) is 5.41 Å². The van der Waals surface area contributed by atoms with Gasteiger partial charge in [0.25, 0.3) is 0 Å². The van der Waals surface area contributed by atoms with Crippen molar-refractivity contribution in [2.75, 3.05) is 13.1 Å².